The minimum absolute atomic E-state index is 0.0370. The summed E-state index contributed by atoms with van der Waals surface area (Å²) >= 11 is 0. The van der Waals surface area contributed by atoms with Crippen molar-refractivity contribution in [2.75, 3.05) is 57.4 Å². The van der Waals surface area contributed by atoms with Crippen molar-refractivity contribution in [3.05, 3.63) is 166 Å². The maximum absolute atomic E-state index is 14.5. The van der Waals surface area contributed by atoms with Crippen molar-refractivity contribution in [2.45, 2.75) is 168 Å². The van der Waals surface area contributed by atoms with Crippen molar-refractivity contribution < 1.29 is 76.7 Å². The predicted molar refractivity (Wildman–Crippen MR) is 409 cm³/mol. The summed E-state index contributed by atoms with van der Waals surface area (Å²) < 4.78 is 37.3. The number of amides is 6. The van der Waals surface area contributed by atoms with E-state index in [4.69, 9.17) is 28.4 Å². The number of aliphatic hydroxyl groups excluding tert-OH is 1. The van der Waals surface area contributed by atoms with Crippen LogP contribution in [0, 0.1) is 17.3 Å². The second-order valence-electron chi connectivity index (χ2n) is 29.8. The average molecular weight is 1500 g/mol. The standard InChI is InChI=1S/C85H95N9O16/c1-8-93-79-64-18-12-13-19-68(64)91(47-57-16-10-11-17-63(57)78(79)88-89-93)77(99)33-29-60(95)28-32-76(98)86-46-61(96)41-65(51(2)3)80(100)87-52(4)71(97)38-53-20-22-54(23-21-53)49-110-84(104)94-69-44-75(73(107-7)43-67(69)82(102)92-50-85(34-35-85)45-70(92)83(94)103)109-37-15-9-14-36-108-74-40-56-24-27-59-39-58(55-25-30-62(105-5)31-26-55)48-90(59)81(101)66(56)42-72(74)106-6/h10-13,16-23,25-26,30-31,40,42-44,48,51-52,59,65,70,83,103H,8-9,14-15,24,27-29,32-39,41,45-47,49-50H2,1-7H3,(H,86,98)(H,87,100)/t52-,59+,65-,70-,83?/m0/s1. The lowest BCUT2D eigenvalue weighted by atomic mass is 9.89. The van der Waals surface area contributed by atoms with Gasteiger partial charge < -0.3 is 58.9 Å². The van der Waals surface area contributed by atoms with Crippen molar-refractivity contribution >= 4 is 69.9 Å². The molecule has 1 aliphatic carbocycles. The maximum atomic E-state index is 14.5. The Hall–Kier alpha value is -11.2. The number of unbranched alkanes of at least 4 members (excludes halogenated alkanes) is 2. The SMILES string of the molecule is CCn1nnc2c1-c1ccccc1N(C(=O)CCC(=O)CCC(=O)NCC(=O)C[C@H](C(=O)N[C@@H](C)C(=O)Cc1ccc(COC(=O)N3c4cc(OCCCCCOc5cc6c(cc5OC)C(=O)N5C=C(c7ccc(OC)cc7)C[C@H]5CC6)c(OC)cc4C(=O)N4CC5(CC5)C[C@H]4C3O)cc1)C(C)C)Cc1ccccc1-2. The van der Waals surface area contributed by atoms with Crippen LogP contribution < -0.4 is 44.1 Å². The number of rotatable bonds is 31. The predicted octanol–water partition coefficient (Wildman–Crippen LogP) is 11.6. The summed E-state index contributed by atoms with van der Waals surface area (Å²) in [6, 6.07) is 35.2. The molecule has 7 aromatic rings. The fraction of sp³-hybridized carbons (Fsp3) is 0.424. The van der Waals surface area contributed by atoms with E-state index >= 15 is 0 Å². The van der Waals surface area contributed by atoms with Crippen LogP contribution >= 0.6 is 0 Å². The van der Waals surface area contributed by atoms with E-state index in [1.54, 1.807) is 91.9 Å². The average Bonchev–Trinajstić information content (AvgIpc) is 1.56. The molecule has 3 N–H and O–H groups in total. The van der Waals surface area contributed by atoms with Crippen LogP contribution in [-0.2, 0) is 66.0 Å². The second-order valence-corrected chi connectivity index (χ2v) is 29.8. The molecule has 1 unspecified atom stereocenters. The number of aromatic nitrogens is 3. The van der Waals surface area contributed by atoms with Crippen molar-refractivity contribution in [1.82, 2.24) is 35.4 Å². The molecule has 1 spiro atoms. The van der Waals surface area contributed by atoms with E-state index in [1.165, 1.54) is 7.11 Å². The molecule has 0 bridgehead atoms. The molecule has 576 valence electrons. The van der Waals surface area contributed by atoms with Gasteiger partial charge in [-0.3, -0.25) is 38.4 Å². The molecular formula is C85H95N9O16. The van der Waals surface area contributed by atoms with Gasteiger partial charge in [0, 0.05) is 92.5 Å². The monoisotopic (exact) mass is 1500 g/mol. The van der Waals surface area contributed by atoms with Gasteiger partial charge in [-0.25, -0.2) is 14.4 Å². The number of hydrogen-bond acceptors (Lipinski definition) is 18. The molecule has 110 heavy (non-hydrogen) atoms. The van der Waals surface area contributed by atoms with Crippen LogP contribution in [-0.4, -0.2) is 155 Å². The zero-order chi connectivity index (χ0) is 77.5. The number of methoxy groups -OCH3 is 3. The number of carbonyl (C=O) groups excluding carboxylic acids is 9. The number of nitrogens with zero attached hydrogens (tertiary/aromatic N) is 7. The smallest absolute Gasteiger partial charge is 0.416 e. The summed E-state index contributed by atoms with van der Waals surface area (Å²) in [5, 5.41) is 26.5. The van der Waals surface area contributed by atoms with E-state index in [2.05, 4.69) is 20.9 Å². The number of hydrogen-bond donors (Lipinski definition) is 3. The third-order valence-corrected chi connectivity index (χ3v) is 22.2. The molecule has 13 rings (SSSR count). The molecule has 5 aliphatic heterocycles. The lowest BCUT2D eigenvalue weighted by molar-refractivity contribution is -0.133. The van der Waals surface area contributed by atoms with Crippen molar-refractivity contribution in [1.29, 1.82) is 0 Å². The first-order valence-corrected chi connectivity index (χ1v) is 38.1. The molecule has 6 heterocycles. The van der Waals surface area contributed by atoms with Gasteiger partial charge in [0.2, 0.25) is 17.7 Å². The molecule has 6 aromatic carbocycles. The number of para-hydroxylation sites is 1. The highest BCUT2D eigenvalue weighted by Gasteiger charge is 2.58. The number of aryl methyl sites for hydroxylation is 2. The van der Waals surface area contributed by atoms with E-state index in [0.717, 1.165) is 81.1 Å². The molecule has 1 saturated carbocycles. The molecule has 1 saturated heterocycles. The third kappa shape index (κ3) is 16.8. The van der Waals surface area contributed by atoms with Gasteiger partial charge in [-0.1, -0.05) is 97.9 Å². The van der Waals surface area contributed by atoms with Gasteiger partial charge in [-0.15, -0.1) is 5.10 Å². The van der Waals surface area contributed by atoms with E-state index < -0.39 is 47.9 Å². The Morgan fingerprint density at radius 1 is 0.691 bits per heavy atom. The molecule has 5 atom stereocenters. The lowest BCUT2D eigenvalue weighted by Crippen LogP contribution is -2.50. The molecular weight excluding hydrogens is 1400 g/mol. The number of ketones is 3. The topological polar surface area (TPSA) is 297 Å². The van der Waals surface area contributed by atoms with E-state index in [-0.39, 0.29) is 134 Å². The fourth-order valence-corrected chi connectivity index (χ4v) is 15.6. The van der Waals surface area contributed by atoms with Crippen molar-refractivity contribution in [3.8, 4) is 51.3 Å². The molecule has 1 aromatic heterocycles. The largest absolute Gasteiger partial charge is 0.497 e. The Kier molecular flexibility index (Phi) is 23.6. The number of anilines is 2. The molecule has 25 nitrogen and oxygen atoms in total. The normalized spacial score (nSPS) is 17.6. The minimum atomic E-state index is -1.46. The second kappa shape index (κ2) is 33.7. The first-order chi connectivity index (χ1) is 53.1. The van der Waals surface area contributed by atoms with Gasteiger partial charge in [0.05, 0.1) is 82.3 Å². The molecule has 2 fully saturated rings. The maximum Gasteiger partial charge on any atom is 0.416 e. The number of nitrogens with one attached hydrogen (secondary N) is 2. The van der Waals surface area contributed by atoms with Gasteiger partial charge in [0.25, 0.3) is 11.8 Å². The summed E-state index contributed by atoms with van der Waals surface area (Å²) in [7, 11) is 4.67. The fourth-order valence-electron chi connectivity index (χ4n) is 15.6. The van der Waals surface area contributed by atoms with Crippen molar-refractivity contribution in [2.24, 2.45) is 17.3 Å². The summed E-state index contributed by atoms with van der Waals surface area (Å²) in [5.41, 5.74) is 9.73. The zero-order valence-electron chi connectivity index (χ0n) is 63.3. The molecule has 6 amide bonds. The van der Waals surface area contributed by atoms with Gasteiger partial charge in [0.15, 0.2) is 40.8 Å². The quantitative estimate of drug-likeness (QED) is 0.0340. The Morgan fingerprint density at radius 3 is 2.07 bits per heavy atom. The lowest BCUT2D eigenvalue weighted by Gasteiger charge is -2.31. The first-order valence-electron chi connectivity index (χ1n) is 38.1. The number of fused-ring (bicyclic) bond motifs is 9. The van der Waals surface area contributed by atoms with Crippen molar-refractivity contribution in [3.63, 3.8) is 0 Å². The molecule has 25 heteroatoms. The number of Topliss-reactive ketones (excluding diaryl/α,β-unsaturated/α-hetero) is 3. The van der Waals surface area contributed by atoms with Crippen LogP contribution in [0.25, 0.3) is 28.1 Å². The number of ether oxygens (including phenoxy) is 6. The zero-order valence-corrected chi connectivity index (χ0v) is 63.3. The van der Waals surface area contributed by atoms with Gasteiger partial charge in [-0.05, 0) is 153 Å². The highest BCUT2D eigenvalue weighted by molar-refractivity contribution is 6.07. The van der Waals surface area contributed by atoms with Gasteiger partial charge in [0.1, 0.15) is 23.8 Å². The van der Waals surface area contributed by atoms with Gasteiger partial charge >= 0.3 is 6.09 Å². The Morgan fingerprint density at radius 2 is 1.37 bits per heavy atom. The van der Waals surface area contributed by atoms with E-state index in [1.807, 2.05) is 96.9 Å². The Labute approximate surface area is 639 Å². The highest BCUT2D eigenvalue weighted by Crippen LogP contribution is 2.57. The van der Waals surface area contributed by atoms with Crippen LogP contribution in [0.2, 0.25) is 0 Å². The number of benzene rings is 6. The van der Waals surface area contributed by atoms with Crippen LogP contribution in [0.4, 0.5) is 16.2 Å². The molecule has 0 radical (unpaired) electrons. The number of aliphatic hydroxyl groups is 1. The Bertz CT molecular complexity index is 4700. The van der Waals surface area contributed by atoms with Crippen LogP contribution in [0.1, 0.15) is 160 Å². The van der Waals surface area contributed by atoms with E-state index in [0.29, 0.717) is 85.7 Å². The van der Waals surface area contributed by atoms with Gasteiger partial charge in [-0.2, -0.15) is 0 Å². The summed E-state index contributed by atoms with van der Waals surface area (Å²) in [6.07, 6.45) is 5.40. The van der Waals surface area contributed by atoms with Crippen LogP contribution in [0.3, 0.4) is 0 Å². The summed E-state index contributed by atoms with van der Waals surface area (Å²) in [4.78, 5) is 130. The summed E-state index contributed by atoms with van der Waals surface area (Å²) in [5.74, 6) is -1.47. The van der Waals surface area contributed by atoms with E-state index in [9.17, 15) is 48.3 Å². The number of carbonyl (C=O) groups is 9. The Balaban J connectivity index is 0.557. The van der Waals surface area contributed by atoms with Crippen LogP contribution in [0.15, 0.2) is 128 Å². The molecule has 6 aliphatic rings. The summed E-state index contributed by atoms with van der Waals surface area (Å²) in [6.45, 7) is 8.41. The highest BCUT2D eigenvalue weighted by atomic mass is 16.6. The van der Waals surface area contributed by atoms with Crippen LogP contribution in [0.5, 0.6) is 28.7 Å². The first kappa shape index (κ1) is 77.0. The third-order valence-electron chi connectivity index (χ3n) is 22.2. The minimum Gasteiger partial charge on any atom is -0.497 e.